The Morgan fingerprint density at radius 3 is 0.886 bits per heavy atom. The third kappa shape index (κ3) is 11.9. The zero-order valence-corrected chi connectivity index (χ0v) is 31.2. The van der Waals surface area contributed by atoms with E-state index in [0.29, 0.717) is 11.1 Å². The summed E-state index contributed by atoms with van der Waals surface area (Å²) in [6.07, 6.45) is -0.0967. The minimum absolute atomic E-state index is 0.0483. The van der Waals surface area contributed by atoms with Crippen LogP contribution in [0.1, 0.15) is 130 Å². The fourth-order valence-electron chi connectivity index (χ4n) is 4.81. The Hall–Kier alpha value is -1.66. The Bertz CT molecular complexity index is 1190. The predicted molar refractivity (Wildman–Crippen MR) is 181 cm³/mol. The molecule has 252 valence electrons. The molecule has 2 unspecified atom stereocenters. The molecule has 0 saturated carbocycles. The van der Waals surface area contributed by atoms with E-state index in [9.17, 15) is 29.1 Å². The number of aromatic hydroxyl groups is 2. The summed E-state index contributed by atoms with van der Waals surface area (Å²) in [5.41, 5.74) is 3.53. The zero-order valence-electron chi connectivity index (χ0n) is 29.5. The van der Waals surface area contributed by atoms with Gasteiger partial charge in [0.05, 0.1) is 25.5 Å². The highest BCUT2D eigenvalue weighted by Gasteiger charge is 2.30. The molecule has 0 aliphatic heterocycles. The second kappa shape index (κ2) is 14.4. The molecule has 8 nitrogen and oxygen atoms in total. The summed E-state index contributed by atoms with van der Waals surface area (Å²) in [7, 11) is -7.31. The van der Waals surface area contributed by atoms with Crippen molar-refractivity contribution in [3.05, 3.63) is 57.6 Å². The highest BCUT2D eigenvalue weighted by Crippen LogP contribution is 2.49. The number of hydrogen-bond acceptors (Lipinski definition) is 6. The van der Waals surface area contributed by atoms with Gasteiger partial charge in [0.25, 0.3) is 0 Å². The van der Waals surface area contributed by atoms with E-state index in [1.54, 1.807) is 13.8 Å². The molecule has 0 heterocycles. The maximum Gasteiger partial charge on any atom is 0.332 e. The van der Waals surface area contributed by atoms with Gasteiger partial charge in [-0.05, 0) is 68.9 Å². The summed E-state index contributed by atoms with van der Waals surface area (Å²) in [6.45, 7) is 27.9. The normalized spacial score (nSPS) is 15.6. The van der Waals surface area contributed by atoms with Crippen molar-refractivity contribution in [1.29, 1.82) is 0 Å². The number of hydrogen-bond donors (Lipinski definition) is 4. The van der Waals surface area contributed by atoms with E-state index in [1.165, 1.54) is 0 Å². The van der Waals surface area contributed by atoms with Gasteiger partial charge in [0, 0.05) is 0 Å². The summed E-state index contributed by atoms with van der Waals surface area (Å²) < 4.78 is 34.0. The van der Waals surface area contributed by atoms with Crippen molar-refractivity contribution >= 4 is 15.2 Å². The van der Waals surface area contributed by atoms with Crippen molar-refractivity contribution in [1.82, 2.24) is 0 Å². The number of rotatable bonds is 8. The molecule has 0 radical (unpaired) electrons. The number of phenolic OH excluding ortho intramolecular Hbond substituents is 2. The molecule has 2 atom stereocenters. The number of phenols is 2. The molecule has 0 fully saturated rings. The first-order valence-electron chi connectivity index (χ1n) is 15.2. The van der Waals surface area contributed by atoms with E-state index in [1.807, 2.05) is 107 Å². The van der Waals surface area contributed by atoms with Gasteiger partial charge in [0.1, 0.15) is 11.5 Å². The first-order chi connectivity index (χ1) is 19.6. The summed E-state index contributed by atoms with van der Waals surface area (Å²) in [4.78, 5) is 19.8. The summed E-state index contributed by atoms with van der Waals surface area (Å²) in [5.74, 6) is 0.542. The first-order valence-corrected chi connectivity index (χ1v) is 18.7. The van der Waals surface area contributed by atoms with Gasteiger partial charge in [-0.1, -0.05) is 107 Å². The molecule has 0 bridgehead atoms. The van der Waals surface area contributed by atoms with E-state index >= 15 is 0 Å². The summed E-state index contributed by atoms with van der Waals surface area (Å²) in [6, 6.07) is 7.25. The highest BCUT2D eigenvalue weighted by molar-refractivity contribution is 7.52. The van der Waals surface area contributed by atoms with Gasteiger partial charge in [-0.25, -0.2) is 0 Å². The van der Waals surface area contributed by atoms with Crippen LogP contribution in [0.15, 0.2) is 24.3 Å². The van der Waals surface area contributed by atoms with Crippen LogP contribution in [-0.2, 0) is 52.2 Å². The molecule has 0 aliphatic carbocycles. The van der Waals surface area contributed by atoms with E-state index in [0.717, 1.165) is 22.3 Å². The lowest BCUT2D eigenvalue weighted by atomic mass is 9.78. The van der Waals surface area contributed by atoms with Crippen LogP contribution in [-0.4, -0.2) is 33.2 Å². The smallest absolute Gasteiger partial charge is 0.332 e. The first kappa shape index (κ1) is 40.4. The van der Waals surface area contributed by atoms with Gasteiger partial charge in [-0.3, -0.25) is 9.13 Å². The Morgan fingerprint density at radius 1 is 0.523 bits per heavy atom. The Balaban J connectivity index is 0.000000440. The van der Waals surface area contributed by atoms with Crippen LogP contribution in [0.2, 0.25) is 0 Å². The molecule has 2 rings (SSSR count). The fraction of sp³-hybridized carbons (Fsp3) is 0.647. The molecule has 0 aliphatic rings. The van der Waals surface area contributed by atoms with Crippen LogP contribution in [0.25, 0.3) is 0 Å². The van der Waals surface area contributed by atoms with Crippen LogP contribution in [0.3, 0.4) is 0 Å². The summed E-state index contributed by atoms with van der Waals surface area (Å²) >= 11 is 0. The van der Waals surface area contributed by atoms with Gasteiger partial charge in [0.15, 0.2) is 0 Å². The Kier molecular flexibility index (Phi) is 13.2. The molecular formula is C34H58O8P2. The zero-order chi connectivity index (χ0) is 34.7. The lowest BCUT2D eigenvalue weighted by Gasteiger charge is -2.28. The van der Waals surface area contributed by atoms with Gasteiger partial charge >= 0.3 is 15.2 Å². The van der Waals surface area contributed by atoms with Crippen LogP contribution in [0.5, 0.6) is 11.5 Å². The Labute approximate surface area is 266 Å². The van der Waals surface area contributed by atoms with Crippen LogP contribution in [0, 0.1) is 0 Å². The molecule has 0 spiro atoms. The average molecular weight is 657 g/mol. The molecule has 2 aromatic carbocycles. The molecule has 44 heavy (non-hydrogen) atoms. The quantitative estimate of drug-likeness (QED) is 0.207. The van der Waals surface area contributed by atoms with Crippen molar-refractivity contribution in [2.75, 3.05) is 13.2 Å². The van der Waals surface area contributed by atoms with Crippen molar-refractivity contribution < 1.29 is 38.2 Å². The van der Waals surface area contributed by atoms with E-state index in [-0.39, 0.29) is 58.7 Å². The van der Waals surface area contributed by atoms with Crippen LogP contribution in [0.4, 0.5) is 0 Å². The molecule has 0 amide bonds. The third-order valence-electron chi connectivity index (χ3n) is 7.00. The molecule has 4 N–H and O–H groups in total. The topological polar surface area (TPSA) is 134 Å². The van der Waals surface area contributed by atoms with E-state index < -0.39 is 15.2 Å². The maximum atomic E-state index is 12.1. The minimum atomic E-state index is -3.66. The average Bonchev–Trinajstić information content (AvgIpc) is 2.78. The van der Waals surface area contributed by atoms with Gasteiger partial charge in [0.2, 0.25) is 0 Å². The van der Waals surface area contributed by atoms with Crippen molar-refractivity contribution in [3.63, 3.8) is 0 Å². The fourth-order valence-corrected chi connectivity index (χ4v) is 7.09. The standard InChI is InChI=1S/2C17H29O4P/c2*1-8-21-22(19,20)11-12-9-13(16(2,3)4)15(18)14(10-12)17(5,6)7/h2*9-10,18H,8,11H2,1-7H3,(H,19,20). The van der Waals surface area contributed by atoms with Crippen molar-refractivity contribution in [3.8, 4) is 11.5 Å². The van der Waals surface area contributed by atoms with Crippen LogP contribution >= 0.6 is 15.2 Å². The molecule has 0 aromatic heterocycles. The SMILES string of the molecule is CCOP(=O)(O)Cc1cc(C(C)(C)C)c(O)c(C(C)(C)C)c1.CCOP(=O)(O)Cc1cc(C(C)(C)C)c(O)c(C(C)(C)C)c1. The summed E-state index contributed by atoms with van der Waals surface area (Å²) in [5, 5.41) is 21.2. The van der Waals surface area contributed by atoms with Gasteiger partial charge < -0.3 is 29.0 Å². The molecule has 2 aromatic rings. The molecular weight excluding hydrogens is 598 g/mol. The van der Waals surface area contributed by atoms with E-state index in [4.69, 9.17) is 9.05 Å². The van der Waals surface area contributed by atoms with Crippen molar-refractivity contribution in [2.24, 2.45) is 0 Å². The second-order valence-corrected chi connectivity index (χ2v) is 19.2. The molecule has 10 heteroatoms. The van der Waals surface area contributed by atoms with Crippen LogP contribution < -0.4 is 0 Å². The lowest BCUT2D eigenvalue weighted by Crippen LogP contribution is -2.18. The number of benzene rings is 2. The predicted octanol–water partition coefficient (Wildman–Crippen LogP) is 9.42. The van der Waals surface area contributed by atoms with E-state index in [2.05, 4.69) is 0 Å². The lowest BCUT2D eigenvalue weighted by molar-refractivity contribution is 0.271. The molecule has 0 saturated heterocycles. The van der Waals surface area contributed by atoms with Gasteiger partial charge in [-0.2, -0.15) is 0 Å². The van der Waals surface area contributed by atoms with Crippen molar-refractivity contribution in [2.45, 2.75) is 131 Å². The van der Waals surface area contributed by atoms with Gasteiger partial charge in [-0.15, -0.1) is 0 Å². The highest BCUT2D eigenvalue weighted by atomic mass is 31.2. The second-order valence-electron chi connectivity index (χ2n) is 15.5. The monoisotopic (exact) mass is 656 g/mol. The largest absolute Gasteiger partial charge is 0.507 e. The Morgan fingerprint density at radius 2 is 0.727 bits per heavy atom. The maximum absolute atomic E-state index is 12.1. The third-order valence-corrected chi connectivity index (χ3v) is 9.85. The minimum Gasteiger partial charge on any atom is -0.507 e.